The standard InChI is InChI=1S/C26H30Cl2FN5O4/c1-15(22-19(27)5-6-20(29)23(22)28)37-21-11-16(14-34(36)24(21)30)17-12-31-33(13-17)18-7-9-32(10-8-18)25(35)38-26(2,3)4/h5-6,11-15,18,30,36H,7-10H2,1-4H3/t15-/m1/s1. The van der Waals surface area contributed by atoms with E-state index in [-0.39, 0.29) is 39.0 Å². The van der Waals surface area contributed by atoms with E-state index >= 15 is 0 Å². The van der Waals surface area contributed by atoms with E-state index in [4.69, 9.17) is 38.1 Å². The number of ether oxygens (including phenoxy) is 2. The van der Waals surface area contributed by atoms with Crippen molar-refractivity contribution in [1.82, 2.24) is 19.4 Å². The SMILES string of the molecule is C[C@@H](Oc1cc(-c2cnn(C3CCN(C(=O)OC(C)(C)C)CC3)c2)cn(O)c1=N)c1c(Cl)ccc(F)c1Cl. The molecule has 1 aliphatic rings. The van der Waals surface area contributed by atoms with E-state index in [0.717, 1.165) is 6.07 Å². The van der Waals surface area contributed by atoms with E-state index in [1.54, 1.807) is 24.1 Å². The van der Waals surface area contributed by atoms with Crippen LogP contribution in [0.3, 0.4) is 0 Å². The largest absolute Gasteiger partial charge is 0.482 e. The minimum atomic E-state index is -0.803. The van der Waals surface area contributed by atoms with Crippen LogP contribution < -0.4 is 10.2 Å². The highest BCUT2D eigenvalue weighted by molar-refractivity contribution is 6.36. The van der Waals surface area contributed by atoms with E-state index in [2.05, 4.69) is 5.10 Å². The van der Waals surface area contributed by atoms with Crippen molar-refractivity contribution in [3.8, 4) is 16.9 Å². The van der Waals surface area contributed by atoms with Gasteiger partial charge in [0, 0.05) is 41.0 Å². The molecular weight excluding hydrogens is 536 g/mol. The maximum Gasteiger partial charge on any atom is 0.410 e. The van der Waals surface area contributed by atoms with Crippen molar-refractivity contribution in [3.63, 3.8) is 0 Å². The summed E-state index contributed by atoms with van der Waals surface area (Å²) in [4.78, 5) is 14.1. The Bertz CT molecular complexity index is 1390. The van der Waals surface area contributed by atoms with Crippen LogP contribution in [0.25, 0.3) is 11.1 Å². The third-order valence-corrected chi connectivity index (χ3v) is 6.94. The summed E-state index contributed by atoms with van der Waals surface area (Å²) in [6.07, 6.45) is 5.20. The highest BCUT2D eigenvalue weighted by Gasteiger charge is 2.28. The monoisotopic (exact) mass is 565 g/mol. The lowest BCUT2D eigenvalue weighted by Gasteiger charge is -2.33. The molecule has 38 heavy (non-hydrogen) atoms. The van der Waals surface area contributed by atoms with Gasteiger partial charge in [-0.25, -0.2) is 9.18 Å². The van der Waals surface area contributed by atoms with Gasteiger partial charge in [0.1, 0.15) is 17.5 Å². The van der Waals surface area contributed by atoms with Gasteiger partial charge in [-0.15, -0.1) is 0 Å². The van der Waals surface area contributed by atoms with Crippen LogP contribution in [0.15, 0.2) is 36.8 Å². The number of hydrogen-bond acceptors (Lipinski definition) is 6. The molecule has 3 aromatic rings. The Kier molecular flexibility index (Phi) is 7.94. The summed E-state index contributed by atoms with van der Waals surface area (Å²) in [5.74, 6) is -0.588. The van der Waals surface area contributed by atoms with Crippen LogP contribution in [0.4, 0.5) is 9.18 Å². The molecule has 0 saturated carbocycles. The van der Waals surface area contributed by atoms with E-state index in [9.17, 15) is 14.4 Å². The molecule has 0 unspecified atom stereocenters. The predicted molar refractivity (Wildman–Crippen MR) is 140 cm³/mol. The van der Waals surface area contributed by atoms with Crippen molar-refractivity contribution < 1.29 is 23.9 Å². The molecule has 1 aromatic carbocycles. The average molecular weight is 566 g/mol. The Morgan fingerprint density at radius 3 is 2.55 bits per heavy atom. The topological polar surface area (TPSA) is 106 Å². The number of pyridine rings is 1. The van der Waals surface area contributed by atoms with E-state index in [1.807, 2.05) is 31.6 Å². The first-order valence-electron chi connectivity index (χ1n) is 12.2. The minimum absolute atomic E-state index is 0.0484. The summed E-state index contributed by atoms with van der Waals surface area (Å²) in [6.45, 7) is 8.27. The molecule has 0 radical (unpaired) electrons. The number of rotatable bonds is 5. The number of piperidine rings is 1. The highest BCUT2D eigenvalue weighted by atomic mass is 35.5. The van der Waals surface area contributed by atoms with Gasteiger partial charge in [0.2, 0.25) is 5.49 Å². The summed E-state index contributed by atoms with van der Waals surface area (Å²) in [7, 11) is 0. The number of nitrogens with one attached hydrogen (secondary N) is 1. The molecule has 0 spiro atoms. The van der Waals surface area contributed by atoms with Gasteiger partial charge in [0.15, 0.2) is 5.75 Å². The molecule has 0 aliphatic carbocycles. The Labute approximate surface area is 229 Å². The van der Waals surface area contributed by atoms with Gasteiger partial charge in [-0.05, 0) is 58.7 Å². The number of carbonyl (C=O) groups excluding carboxylic acids is 1. The quantitative estimate of drug-likeness (QED) is 0.282. The Balaban J connectivity index is 1.50. The molecular formula is C26H30Cl2FN5O4. The summed E-state index contributed by atoms with van der Waals surface area (Å²) in [6, 6.07) is 4.23. The summed E-state index contributed by atoms with van der Waals surface area (Å²) in [5, 5.41) is 23.1. The maximum atomic E-state index is 14.0. The second-order valence-electron chi connectivity index (χ2n) is 10.2. The van der Waals surface area contributed by atoms with Crippen molar-refractivity contribution in [2.24, 2.45) is 0 Å². The fourth-order valence-corrected chi connectivity index (χ4v) is 4.97. The molecule has 204 valence electrons. The van der Waals surface area contributed by atoms with Crippen LogP contribution in [-0.4, -0.2) is 49.4 Å². The van der Waals surface area contributed by atoms with Crippen molar-refractivity contribution in [1.29, 1.82) is 5.41 Å². The zero-order valence-electron chi connectivity index (χ0n) is 21.5. The van der Waals surface area contributed by atoms with Crippen molar-refractivity contribution in [2.45, 2.75) is 58.3 Å². The molecule has 1 atom stereocenters. The van der Waals surface area contributed by atoms with Crippen molar-refractivity contribution in [3.05, 3.63) is 63.7 Å². The van der Waals surface area contributed by atoms with Crippen LogP contribution in [0, 0.1) is 11.2 Å². The minimum Gasteiger partial charge on any atom is -0.482 e. The predicted octanol–water partition coefficient (Wildman–Crippen LogP) is 6.23. The molecule has 3 heterocycles. The van der Waals surface area contributed by atoms with Gasteiger partial charge in [0.25, 0.3) is 0 Å². The zero-order chi connectivity index (χ0) is 27.8. The third-order valence-electron chi connectivity index (χ3n) is 6.23. The van der Waals surface area contributed by atoms with Crippen molar-refractivity contribution >= 4 is 29.3 Å². The second kappa shape index (κ2) is 10.9. The Morgan fingerprint density at radius 1 is 1.21 bits per heavy atom. The lowest BCUT2D eigenvalue weighted by molar-refractivity contribution is 0.0184. The van der Waals surface area contributed by atoms with Crippen LogP contribution >= 0.6 is 23.2 Å². The first-order valence-corrected chi connectivity index (χ1v) is 12.9. The summed E-state index contributed by atoms with van der Waals surface area (Å²) in [5.41, 5.74) is 0.652. The molecule has 1 amide bonds. The first kappa shape index (κ1) is 27.8. The first-order chi connectivity index (χ1) is 17.8. The smallest absolute Gasteiger partial charge is 0.410 e. The van der Waals surface area contributed by atoms with E-state index in [0.29, 0.717) is 41.8 Å². The molecule has 2 N–H and O–H groups in total. The number of carbonyl (C=O) groups is 1. The molecule has 1 fully saturated rings. The van der Waals surface area contributed by atoms with Gasteiger partial charge >= 0.3 is 6.09 Å². The van der Waals surface area contributed by atoms with Crippen LogP contribution in [0.1, 0.15) is 58.2 Å². The Hall–Kier alpha value is -3.24. The van der Waals surface area contributed by atoms with E-state index < -0.39 is 17.5 Å². The number of amides is 1. The second-order valence-corrected chi connectivity index (χ2v) is 11.0. The fourth-order valence-electron chi connectivity index (χ4n) is 4.29. The summed E-state index contributed by atoms with van der Waals surface area (Å²) >= 11 is 12.3. The van der Waals surface area contributed by atoms with Crippen molar-refractivity contribution in [2.75, 3.05) is 13.1 Å². The molecule has 1 saturated heterocycles. The molecule has 2 aromatic heterocycles. The highest BCUT2D eigenvalue weighted by Crippen LogP contribution is 2.35. The zero-order valence-corrected chi connectivity index (χ0v) is 23.1. The molecule has 0 bridgehead atoms. The van der Waals surface area contributed by atoms with Gasteiger partial charge < -0.3 is 19.6 Å². The maximum absolute atomic E-state index is 14.0. The molecule has 1 aliphatic heterocycles. The number of nitrogens with zero attached hydrogens (tertiary/aromatic N) is 4. The number of halogens is 3. The molecule has 12 heteroatoms. The summed E-state index contributed by atoms with van der Waals surface area (Å²) < 4.78 is 27.9. The fraction of sp³-hybridized carbons (Fsp3) is 0.423. The van der Waals surface area contributed by atoms with Crippen LogP contribution in [-0.2, 0) is 4.74 Å². The lowest BCUT2D eigenvalue weighted by Crippen LogP contribution is -2.42. The van der Waals surface area contributed by atoms with Gasteiger partial charge in [-0.1, -0.05) is 23.2 Å². The van der Waals surface area contributed by atoms with Crippen LogP contribution in [0.5, 0.6) is 5.75 Å². The number of likely N-dealkylation sites (tertiary alicyclic amines) is 1. The number of benzene rings is 1. The van der Waals surface area contributed by atoms with Gasteiger partial charge in [-0.2, -0.15) is 9.83 Å². The van der Waals surface area contributed by atoms with Crippen LogP contribution in [0.2, 0.25) is 10.0 Å². The van der Waals surface area contributed by atoms with Gasteiger partial charge in [-0.3, -0.25) is 10.1 Å². The Morgan fingerprint density at radius 2 is 1.89 bits per heavy atom. The normalized spacial score (nSPS) is 15.4. The number of aromatic nitrogens is 3. The number of hydrogen-bond donors (Lipinski definition) is 2. The average Bonchev–Trinajstić information content (AvgIpc) is 3.34. The van der Waals surface area contributed by atoms with Gasteiger partial charge in [0.05, 0.1) is 23.5 Å². The lowest BCUT2D eigenvalue weighted by atomic mass is 10.1. The van der Waals surface area contributed by atoms with E-state index in [1.165, 1.54) is 12.3 Å². The molecule has 4 rings (SSSR count). The third kappa shape index (κ3) is 6.07. The molecule has 9 nitrogen and oxygen atoms in total.